The average Bonchev–Trinajstić information content (AvgIpc) is 4.07. The Hall–Kier alpha value is -2.87. The van der Waals surface area contributed by atoms with E-state index in [-0.39, 0.29) is 70.6 Å². The molecule has 2 amide bonds. The molecule has 6 unspecified atom stereocenters. The molecule has 14 nitrogen and oxygen atoms in total. The predicted molar refractivity (Wildman–Crippen MR) is 268 cm³/mol. The fourth-order valence-electron chi connectivity index (χ4n) is 10.4. The summed E-state index contributed by atoms with van der Waals surface area (Å²) in [6, 6.07) is 4.13. The molecule has 0 aromatic carbocycles. The lowest BCUT2D eigenvalue weighted by atomic mass is 9.49. The van der Waals surface area contributed by atoms with Gasteiger partial charge in [-0.05, 0) is 196 Å². The summed E-state index contributed by atoms with van der Waals surface area (Å²) in [7, 11) is -1.75. The first-order valence-corrected chi connectivity index (χ1v) is 25.8. The van der Waals surface area contributed by atoms with Gasteiger partial charge in [-0.25, -0.2) is 19.6 Å². The Bertz CT molecular complexity index is 2210. The van der Waals surface area contributed by atoms with Gasteiger partial charge < -0.3 is 47.2 Å². The summed E-state index contributed by atoms with van der Waals surface area (Å²) in [6.45, 7) is 35.2. The number of hydrogen-bond donors (Lipinski definition) is 0. The second-order valence-corrected chi connectivity index (χ2v) is 25.9. The van der Waals surface area contributed by atoms with Crippen molar-refractivity contribution in [3.05, 3.63) is 52.0 Å². The lowest BCUT2D eigenvalue weighted by molar-refractivity contribution is 0.00578. The molecule has 0 aliphatic carbocycles. The summed E-state index contributed by atoms with van der Waals surface area (Å²) < 4.78 is 75.4. The van der Waals surface area contributed by atoms with Crippen molar-refractivity contribution in [3.8, 4) is 0 Å². The number of aromatic nitrogens is 2. The summed E-state index contributed by atoms with van der Waals surface area (Å²) in [4.78, 5) is 36.8. The van der Waals surface area contributed by atoms with Crippen LogP contribution in [0.1, 0.15) is 186 Å². The van der Waals surface area contributed by atoms with E-state index in [1.165, 1.54) is 0 Å². The largest absolute Gasteiger partial charge is 0.499 e. The Balaban J connectivity index is 0.000000161. The molecule has 386 valence electrons. The van der Waals surface area contributed by atoms with Gasteiger partial charge >= 0.3 is 33.3 Å². The van der Waals surface area contributed by atoms with Crippen molar-refractivity contribution in [1.82, 2.24) is 19.8 Å². The summed E-state index contributed by atoms with van der Waals surface area (Å²) in [5, 5.41) is 0. The van der Waals surface area contributed by atoms with Crippen molar-refractivity contribution < 1.29 is 55.8 Å². The molecule has 0 saturated carbocycles. The van der Waals surface area contributed by atoms with E-state index in [2.05, 4.69) is 25.9 Å². The molecular weight excluding hydrogens is 967 g/mol. The van der Waals surface area contributed by atoms with Gasteiger partial charge in [0.2, 0.25) is 11.9 Å². The third kappa shape index (κ3) is 11.0. The van der Waals surface area contributed by atoms with Gasteiger partial charge in [-0.1, -0.05) is 6.07 Å². The molecule has 7 aliphatic heterocycles. The minimum atomic E-state index is -0.803. The fourth-order valence-corrected chi connectivity index (χ4v) is 10.7. The molecule has 70 heavy (non-hydrogen) atoms. The molecular formula is C50H76B3BrF2N4O10. The van der Waals surface area contributed by atoms with E-state index in [0.717, 1.165) is 49.7 Å². The standard InChI is InChI=1S/C22H32BFN2O4.C16H20BrFN2O2.C12H24B2O4/c1-20(2,3)28-19(27)26-14-8-9-17(26)15(11-14)13-10-16(18(24)25-12-13)23-29-21(4,5)22(6,7)30-23;1-16(2,3)22-15(21)20-10-4-5-13(20)11(7-10)9-6-12(17)14(18)19-8-9;1-9(2)10(3,4)16-13(15-9)14-17-11(5,6)12(7,8)18-14/h10,12,14-15,17H,8-9,11H2,1-7H3;6,8,10-11,13H,4-5,7H2,1-3H3;1-8H3. The van der Waals surface area contributed by atoms with Crippen LogP contribution in [0.5, 0.6) is 0 Å². The lowest BCUT2D eigenvalue weighted by Crippen LogP contribution is -2.41. The summed E-state index contributed by atoms with van der Waals surface area (Å²) in [5.74, 6) is -0.776. The smallest absolute Gasteiger partial charge is 0.444 e. The minimum Gasteiger partial charge on any atom is -0.444 e. The van der Waals surface area contributed by atoms with Crippen LogP contribution in [0, 0.1) is 11.9 Å². The van der Waals surface area contributed by atoms with E-state index in [4.69, 9.17) is 37.4 Å². The Labute approximate surface area is 424 Å². The maximum atomic E-state index is 14.6. The number of halogens is 3. The topological polar surface area (TPSA) is 140 Å². The highest BCUT2D eigenvalue weighted by Gasteiger charge is 2.64. The van der Waals surface area contributed by atoms with Gasteiger partial charge in [-0.3, -0.25) is 0 Å². The molecule has 7 saturated heterocycles. The third-order valence-corrected chi connectivity index (χ3v) is 16.7. The van der Waals surface area contributed by atoms with E-state index < -0.39 is 55.4 Å². The molecule has 9 heterocycles. The zero-order valence-electron chi connectivity index (χ0n) is 44.8. The fraction of sp³-hybridized carbons (Fsp3) is 0.760. The first-order valence-electron chi connectivity index (χ1n) is 25.0. The van der Waals surface area contributed by atoms with Crippen molar-refractivity contribution in [2.75, 3.05) is 0 Å². The molecule has 0 spiro atoms. The Morgan fingerprint density at radius 2 is 0.929 bits per heavy atom. The number of carbonyl (C=O) groups is 2. The van der Waals surface area contributed by atoms with Crippen molar-refractivity contribution >= 4 is 54.7 Å². The van der Waals surface area contributed by atoms with Crippen molar-refractivity contribution in [3.63, 3.8) is 0 Å². The first kappa shape index (κ1) is 54.9. The Morgan fingerprint density at radius 1 is 0.586 bits per heavy atom. The molecule has 0 N–H and O–H groups in total. The van der Waals surface area contributed by atoms with Crippen LogP contribution in [0.15, 0.2) is 29.0 Å². The van der Waals surface area contributed by atoms with Gasteiger partial charge in [-0.15, -0.1) is 0 Å². The number of ether oxygens (including phenoxy) is 2. The van der Waals surface area contributed by atoms with Crippen molar-refractivity contribution in [2.45, 2.75) is 244 Å². The van der Waals surface area contributed by atoms with Gasteiger partial charge in [0.25, 0.3) is 0 Å². The van der Waals surface area contributed by atoms with Gasteiger partial charge in [-0.2, -0.15) is 8.78 Å². The molecule has 6 atom stereocenters. The van der Waals surface area contributed by atoms with Gasteiger partial charge in [0.1, 0.15) is 11.2 Å². The number of pyridine rings is 2. The Morgan fingerprint density at radius 3 is 1.29 bits per heavy atom. The highest BCUT2D eigenvalue weighted by molar-refractivity contribution is 9.10. The zero-order chi connectivity index (χ0) is 52.1. The van der Waals surface area contributed by atoms with Crippen molar-refractivity contribution in [2.24, 2.45) is 0 Å². The molecule has 9 rings (SSSR count). The number of nitrogens with zero attached hydrogens (tertiary/aromatic N) is 4. The highest BCUT2D eigenvalue weighted by atomic mass is 79.9. The number of hydrogen-bond acceptors (Lipinski definition) is 12. The molecule has 2 aromatic rings. The van der Waals surface area contributed by atoms with Crippen LogP contribution in [-0.4, -0.2) is 122 Å². The number of fused-ring (bicyclic) bond motifs is 4. The lowest BCUT2D eigenvalue weighted by Gasteiger charge is -2.32. The maximum absolute atomic E-state index is 14.6. The third-order valence-electron chi connectivity index (χ3n) is 16.1. The Kier molecular flexibility index (Phi) is 14.8. The monoisotopic (exact) mass is 1040 g/mol. The molecule has 7 fully saturated rings. The van der Waals surface area contributed by atoms with E-state index in [1.54, 1.807) is 18.5 Å². The van der Waals surface area contributed by atoms with Crippen LogP contribution >= 0.6 is 15.9 Å². The first-order chi connectivity index (χ1) is 31.9. The van der Waals surface area contributed by atoms with Crippen LogP contribution in [0.4, 0.5) is 18.4 Å². The molecule has 4 bridgehead atoms. The zero-order valence-corrected chi connectivity index (χ0v) is 46.3. The minimum absolute atomic E-state index is 0.0447. The van der Waals surface area contributed by atoms with Crippen LogP contribution in [0.3, 0.4) is 0 Å². The maximum Gasteiger partial charge on any atom is 0.499 e. The van der Waals surface area contributed by atoms with Crippen LogP contribution < -0.4 is 5.46 Å². The second-order valence-electron chi connectivity index (χ2n) is 25.1. The summed E-state index contributed by atoms with van der Waals surface area (Å²) in [5.41, 5.74) is -1.36. The number of carbonyl (C=O) groups excluding carboxylic acids is 2. The normalized spacial score (nSPS) is 29.5. The van der Waals surface area contributed by atoms with Gasteiger partial charge in [0.15, 0.2) is 0 Å². The summed E-state index contributed by atoms with van der Waals surface area (Å²) >= 11 is 3.19. The molecule has 2 aromatic heterocycles. The molecule has 0 radical (unpaired) electrons. The average molecular weight is 1040 g/mol. The SMILES string of the molecule is CC(C)(C)OC(=O)N1C2CCC1C(c1cnc(F)c(B3OC(C)(C)C(C)(C)O3)c1)C2.CC(C)(C)OC(=O)N1C2CCC1C(c1cnc(F)c(Br)c1)C2.CC1(C)OB(B2OC(C)(C)C(C)(C)O2)OC1(C)C. The van der Waals surface area contributed by atoms with E-state index in [0.29, 0.717) is 9.94 Å². The van der Waals surface area contributed by atoms with Crippen LogP contribution in [-0.2, 0) is 37.4 Å². The molecule has 20 heteroatoms. The van der Waals surface area contributed by atoms with Crippen LogP contribution in [0.2, 0.25) is 0 Å². The molecule has 7 aliphatic rings. The quantitative estimate of drug-likeness (QED) is 0.213. The second kappa shape index (κ2) is 18.8. The van der Waals surface area contributed by atoms with E-state index >= 15 is 0 Å². The number of amides is 2. The van der Waals surface area contributed by atoms with Crippen LogP contribution in [0.25, 0.3) is 0 Å². The predicted octanol–water partition coefficient (Wildman–Crippen LogP) is 10.3. The highest BCUT2D eigenvalue weighted by Crippen LogP contribution is 2.49. The van der Waals surface area contributed by atoms with Gasteiger partial charge in [0.05, 0.1) is 38.1 Å². The van der Waals surface area contributed by atoms with Crippen molar-refractivity contribution in [1.29, 1.82) is 0 Å². The number of rotatable bonds is 4. The van der Waals surface area contributed by atoms with E-state index in [1.807, 2.05) is 140 Å². The van der Waals surface area contributed by atoms with Gasteiger partial charge in [0, 0.05) is 53.9 Å². The van der Waals surface area contributed by atoms with E-state index in [9.17, 15) is 18.4 Å². The summed E-state index contributed by atoms with van der Waals surface area (Å²) in [6.07, 6.45) is 8.25.